The summed E-state index contributed by atoms with van der Waals surface area (Å²) < 4.78 is 1.19. The molecule has 1 aliphatic heterocycles. The normalized spacial score (nSPS) is 17.1. The lowest BCUT2D eigenvalue weighted by molar-refractivity contribution is 0.312. The van der Waals surface area contributed by atoms with Crippen molar-refractivity contribution in [2.75, 3.05) is 18.9 Å². The van der Waals surface area contributed by atoms with Crippen LogP contribution in [0, 0.1) is 0 Å². The van der Waals surface area contributed by atoms with Crippen LogP contribution >= 0.6 is 15.9 Å². The summed E-state index contributed by atoms with van der Waals surface area (Å²) >= 11 is 3.62. The highest BCUT2D eigenvalue weighted by Gasteiger charge is 2.21. The molecule has 0 fully saturated rings. The van der Waals surface area contributed by atoms with Crippen LogP contribution in [0.1, 0.15) is 11.1 Å². The minimum atomic E-state index is 0.514. The van der Waals surface area contributed by atoms with E-state index in [4.69, 9.17) is 0 Å². The zero-order valence-corrected chi connectivity index (χ0v) is 13.2. The maximum Gasteiger partial charge on any atom is 0.0429 e. The first kappa shape index (κ1) is 13.7. The van der Waals surface area contributed by atoms with Gasteiger partial charge < -0.3 is 10.2 Å². The predicted molar refractivity (Wildman–Crippen MR) is 88.0 cm³/mol. The first-order chi connectivity index (χ1) is 9.72. The van der Waals surface area contributed by atoms with Gasteiger partial charge in [-0.15, -0.1) is 0 Å². The van der Waals surface area contributed by atoms with Gasteiger partial charge >= 0.3 is 0 Å². The molecule has 0 saturated heterocycles. The molecule has 0 aromatic heterocycles. The van der Waals surface area contributed by atoms with Gasteiger partial charge in [-0.25, -0.2) is 0 Å². The zero-order valence-electron chi connectivity index (χ0n) is 11.6. The topological polar surface area (TPSA) is 15.3 Å². The van der Waals surface area contributed by atoms with Crippen molar-refractivity contribution in [3.05, 3.63) is 64.1 Å². The lowest BCUT2D eigenvalue weighted by Gasteiger charge is -2.22. The Labute approximate surface area is 128 Å². The summed E-state index contributed by atoms with van der Waals surface area (Å²) in [5.41, 5.74) is 4.07. The molecule has 1 N–H and O–H groups in total. The van der Waals surface area contributed by atoms with E-state index in [0.717, 1.165) is 19.5 Å². The van der Waals surface area contributed by atoms with Crippen molar-refractivity contribution in [1.82, 2.24) is 4.90 Å². The molecule has 2 aromatic carbocycles. The fourth-order valence-corrected chi connectivity index (χ4v) is 3.25. The number of nitrogens with zero attached hydrogens (tertiary/aromatic N) is 1. The molecule has 20 heavy (non-hydrogen) atoms. The van der Waals surface area contributed by atoms with Gasteiger partial charge in [0.25, 0.3) is 0 Å². The Kier molecular flexibility index (Phi) is 4.08. The number of rotatable bonds is 4. The van der Waals surface area contributed by atoms with E-state index in [-0.39, 0.29) is 0 Å². The van der Waals surface area contributed by atoms with Crippen molar-refractivity contribution in [3.8, 4) is 0 Å². The Morgan fingerprint density at radius 2 is 1.90 bits per heavy atom. The summed E-state index contributed by atoms with van der Waals surface area (Å²) in [4.78, 5) is 2.38. The summed E-state index contributed by atoms with van der Waals surface area (Å²) in [6, 6.07) is 17.6. The molecule has 3 heteroatoms. The molecule has 0 spiro atoms. The van der Waals surface area contributed by atoms with Gasteiger partial charge in [-0.2, -0.15) is 0 Å². The Morgan fingerprint density at radius 1 is 1.15 bits per heavy atom. The standard InChI is InChI=1S/C17H19BrN2/c1-20(11-14-7-2-4-8-16(14)18)12-15-10-13-6-3-5-9-17(13)19-15/h2-9,15,19H,10-12H2,1H3. The fourth-order valence-electron chi connectivity index (χ4n) is 2.84. The number of benzene rings is 2. The van der Waals surface area contributed by atoms with Gasteiger partial charge in [-0.1, -0.05) is 52.3 Å². The van der Waals surface area contributed by atoms with Gasteiger partial charge in [0.15, 0.2) is 0 Å². The third kappa shape index (κ3) is 3.05. The zero-order chi connectivity index (χ0) is 13.9. The molecule has 1 heterocycles. The van der Waals surface area contributed by atoms with Crippen molar-refractivity contribution >= 4 is 21.6 Å². The van der Waals surface area contributed by atoms with Crippen LogP contribution in [-0.2, 0) is 13.0 Å². The quantitative estimate of drug-likeness (QED) is 0.914. The highest BCUT2D eigenvalue weighted by atomic mass is 79.9. The highest BCUT2D eigenvalue weighted by Crippen LogP contribution is 2.26. The molecule has 1 unspecified atom stereocenters. The van der Waals surface area contributed by atoms with E-state index in [1.807, 2.05) is 0 Å². The molecule has 1 aliphatic rings. The van der Waals surface area contributed by atoms with Crippen LogP contribution in [0.5, 0.6) is 0 Å². The number of anilines is 1. The number of likely N-dealkylation sites (N-methyl/N-ethyl adjacent to an activating group) is 1. The number of para-hydroxylation sites is 1. The maximum absolute atomic E-state index is 3.62. The Morgan fingerprint density at radius 3 is 2.70 bits per heavy atom. The highest BCUT2D eigenvalue weighted by molar-refractivity contribution is 9.10. The molecule has 3 rings (SSSR count). The fraction of sp³-hybridized carbons (Fsp3) is 0.294. The van der Waals surface area contributed by atoms with E-state index in [9.17, 15) is 0 Å². The van der Waals surface area contributed by atoms with Crippen LogP contribution in [0.2, 0.25) is 0 Å². The van der Waals surface area contributed by atoms with Crippen molar-refractivity contribution in [2.45, 2.75) is 19.0 Å². The number of hydrogen-bond donors (Lipinski definition) is 1. The Hall–Kier alpha value is -1.32. The Bertz CT molecular complexity index is 572. The molecule has 0 bridgehead atoms. The summed E-state index contributed by atoms with van der Waals surface area (Å²) in [5, 5.41) is 3.61. The second-order valence-corrected chi connectivity index (χ2v) is 6.35. The first-order valence-electron chi connectivity index (χ1n) is 6.99. The van der Waals surface area contributed by atoms with E-state index in [1.54, 1.807) is 0 Å². The largest absolute Gasteiger partial charge is 0.380 e. The van der Waals surface area contributed by atoms with Crippen LogP contribution in [0.25, 0.3) is 0 Å². The van der Waals surface area contributed by atoms with Crippen LogP contribution in [-0.4, -0.2) is 24.5 Å². The van der Waals surface area contributed by atoms with E-state index in [2.05, 4.69) is 81.7 Å². The average Bonchev–Trinajstić information content (AvgIpc) is 2.83. The second kappa shape index (κ2) is 5.98. The van der Waals surface area contributed by atoms with Gasteiger partial charge in [0.2, 0.25) is 0 Å². The lowest BCUT2D eigenvalue weighted by Crippen LogP contribution is -2.32. The summed E-state index contributed by atoms with van der Waals surface area (Å²) in [5.74, 6) is 0. The number of fused-ring (bicyclic) bond motifs is 1. The molecular weight excluding hydrogens is 312 g/mol. The van der Waals surface area contributed by atoms with Crippen molar-refractivity contribution < 1.29 is 0 Å². The van der Waals surface area contributed by atoms with E-state index < -0.39 is 0 Å². The van der Waals surface area contributed by atoms with Gasteiger partial charge in [0.1, 0.15) is 0 Å². The molecule has 2 aromatic rings. The molecular formula is C17H19BrN2. The molecule has 2 nitrogen and oxygen atoms in total. The average molecular weight is 331 g/mol. The van der Waals surface area contributed by atoms with Crippen molar-refractivity contribution in [1.29, 1.82) is 0 Å². The Balaban J connectivity index is 1.59. The second-order valence-electron chi connectivity index (χ2n) is 5.49. The summed E-state index contributed by atoms with van der Waals surface area (Å²) in [6.07, 6.45) is 1.12. The SMILES string of the molecule is CN(Cc1ccccc1Br)CC1Cc2ccccc2N1. The van der Waals surface area contributed by atoms with Crippen molar-refractivity contribution in [2.24, 2.45) is 0 Å². The monoisotopic (exact) mass is 330 g/mol. The van der Waals surface area contributed by atoms with Gasteiger partial charge in [-0.3, -0.25) is 0 Å². The van der Waals surface area contributed by atoms with Gasteiger partial charge in [0, 0.05) is 29.3 Å². The minimum Gasteiger partial charge on any atom is -0.380 e. The third-order valence-corrected chi connectivity index (χ3v) is 4.55. The van der Waals surface area contributed by atoms with E-state index in [0.29, 0.717) is 6.04 Å². The maximum atomic E-state index is 3.62. The number of nitrogens with one attached hydrogen (secondary N) is 1. The number of hydrogen-bond acceptors (Lipinski definition) is 2. The van der Waals surface area contributed by atoms with E-state index >= 15 is 0 Å². The lowest BCUT2D eigenvalue weighted by atomic mass is 10.1. The molecule has 104 valence electrons. The van der Waals surface area contributed by atoms with Gasteiger partial charge in [-0.05, 0) is 36.7 Å². The van der Waals surface area contributed by atoms with Gasteiger partial charge in [0.05, 0.1) is 0 Å². The van der Waals surface area contributed by atoms with Crippen LogP contribution in [0.4, 0.5) is 5.69 Å². The smallest absolute Gasteiger partial charge is 0.0429 e. The minimum absolute atomic E-state index is 0.514. The van der Waals surface area contributed by atoms with Crippen LogP contribution in [0.3, 0.4) is 0 Å². The predicted octanol–water partition coefficient (Wildman–Crippen LogP) is 3.92. The molecule has 0 aliphatic carbocycles. The molecule has 1 atom stereocenters. The van der Waals surface area contributed by atoms with Crippen LogP contribution in [0.15, 0.2) is 53.0 Å². The number of halogens is 1. The molecule has 0 saturated carbocycles. The van der Waals surface area contributed by atoms with Crippen LogP contribution < -0.4 is 5.32 Å². The molecule has 0 radical (unpaired) electrons. The van der Waals surface area contributed by atoms with E-state index in [1.165, 1.54) is 21.3 Å². The summed E-state index contributed by atoms with van der Waals surface area (Å²) in [6.45, 7) is 2.02. The molecule has 0 amide bonds. The third-order valence-electron chi connectivity index (χ3n) is 3.77. The van der Waals surface area contributed by atoms with Crippen molar-refractivity contribution in [3.63, 3.8) is 0 Å². The summed E-state index contributed by atoms with van der Waals surface area (Å²) in [7, 11) is 2.18. The first-order valence-corrected chi connectivity index (χ1v) is 7.78.